The molecule has 3 nitrogen and oxygen atoms in total. The van der Waals surface area contributed by atoms with Gasteiger partial charge in [0.15, 0.2) is 0 Å². The molecule has 2 aromatic rings. The fraction of sp³-hybridized carbons (Fsp3) is 0.286. The lowest BCUT2D eigenvalue weighted by atomic mass is 10.3. The molecule has 0 aliphatic rings. The largest absolute Gasteiger partial charge is 0.389 e. The molecule has 0 amide bonds. The standard InChI is InChI=1S/C14H14Cl2FNO2S/c15-12-4-9(17)5-13(16)14(12)18-6-10(19)7-20-8-11-2-1-3-21-11/h1-5,10,18-19H,6-8H2. The summed E-state index contributed by atoms with van der Waals surface area (Å²) < 4.78 is 18.4. The maximum atomic E-state index is 13.0. The number of hydrogen-bond donors (Lipinski definition) is 2. The molecule has 7 heteroatoms. The quantitative estimate of drug-likeness (QED) is 0.787. The Morgan fingerprint density at radius 1 is 1.33 bits per heavy atom. The molecule has 1 aromatic heterocycles. The highest BCUT2D eigenvalue weighted by atomic mass is 35.5. The summed E-state index contributed by atoms with van der Waals surface area (Å²) in [4.78, 5) is 1.10. The summed E-state index contributed by atoms with van der Waals surface area (Å²) in [5.41, 5.74) is 0.400. The summed E-state index contributed by atoms with van der Waals surface area (Å²) in [6.45, 7) is 0.851. The van der Waals surface area contributed by atoms with Gasteiger partial charge in [-0.25, -0.2) is 4.39 Å². The van der Waals surface area contributed by atoms with E-state index in [1.165, 1.54) is 0 Å². The monoisotopic (exact) mass is 349 g/mol. The van der Waals surface area contributed by atoms with Crippen LogP contribution in [0, 0.1) is 5.82 Å². The van der Waals surface area contributed by atoms with Gasteiger partial charge in [0.1, 0.15) is 5.82 Å². The topological polar surface area (TPSA) is 41.5 Å². The Hall–Kier alpha value is -0.850. The summed E-state index contributed by atoms with van der Waals surface area (Å²) in [6.07, 6.45) is -0.720. The van der Waals surface area contributed by atoms with E-state index in [9.17, 15) is 9.50 Å². The van der Waals surface area contributed by atoms with E-state index >= 15 is 0 Å². The predicted molar refractivity (Wildman–Crippen MR) is 84.9 cm³/mol. The third-order valence-corrected chi connectivity index (χ3v) is 4.10. The number of aliphatic hydroxyl groups excluding tert-OH is 1. The normalized spacial score (nSPS) is 12.4. The first-order chi connectivity index (χ1) is 10.1. The average Bonchev–Trinajstić information content (AvgIpc) is 2.90. The summed E-state index contributed by atoms with van der Waals surface area (Å²) in [5, 5.41) is 15.0. The van der Waals surface area contributed by atoms with Crippen LogP contribution in [0.3, 0.4) is 0 Å². The van der Waals surface area contributed by atoms with E-state index in [0.29, 0.717) is 12.3 Å². The summed E-state index contributed by atoms with van der Waals surface area (Å²) in [6, 6.07) is 6.23. The Bertz CT molecular complexity index is 557. The summed E-state index contributed by atoms with van der Waals surface area (Å²) in [7, 11) is 0. The van der Waals surface area contributed by atoms with E-state index in [2.05, 4.69) is 5.32 Å². The molecule has 0 radical (unpaired) electrons. The maximum Gasteiger partial charge on any atom is 0.126 e. The average molecular weight is 350 g/mol. The molecule has 1 aromatic carbocycles. The van der Waals surface area contributed by atoms with E-state index in [1.807, 2.05) is 17.5 Å². The predicted octanol–water partition coefficient (Wildman–Crippen LogP) is 4.18. The number of rotatable bonds is 7. The second-order valence-corrected chi connectivity index (χ2v) is 6.22. The van der Waals surface area contributed by atoms with Crippen LogP contribution in [0.4, 0.5) is 10.1 Å². The lowest BCUT2D eigenvalue weighted by Gasteiger charge is -2.15. The molecule has 0 aliphatic heterocycles. The van der Waals surface area contributed by atoms with Gasteiger partial charge in [-0.15, -0.1) is 11.3 Å². The van der Waals surface area contributed by atoms with Gasteiger partial charge in [-0.3, -0.25) is 0 Å². The smallest absolute Gasteiger partial charge is 0.126 e. The van der Waals surface area contributed by atoms with Crippen LogP contribution >= 0.6 is 34.5 Å². The van der Waals surface area contributed by atoms with Crippen LogP contribution in [0.5, 0.6) is 0 Å². The molecule has 0 saturated heterocycles. The number of benzene rings is 1. The molecule has 0 spiro atoms. The Morgan fingerprint density at radius 2 is 2.05 bits per heavy atom. The number of aliphatic hydroxyl groups is 1. The molecule has 0 saturated carbocycles. The van der Waals surface area contributed by atoms with Crippen LogP contribution in [0.25, 0.3) is 0 Å². The number of hydrogen-bond acceptors (Lipinski definition) is 4. The fourth-order valence-corrected chi connectivity index (χ4v) is 2.91. The van der Waals surface area contributed by atoms with Crippen LogP contribution in [0.1, 0.15) is 4.88 Å². The van der Waals surface area contributed by atoms with Crippen molar-refractivity contribution in [2.24, 2.45) is 0 Å². The van der Waals surface area contributed by atoms with Crippen molar-refractivity contribution in [1.82, 2.24) is 0 Å². The Labute approximate surface area is 136 Å². The molecule has 0 bridgehead atoms. The first-order valence-electron chi connectivity index (χ1n) is 6.23. The van der Waals surface area contributed by atoms with Gasteiger partial charge in [-0.1, -0.05) is 29.3 Å². The van der Waals surface area contributed by atoms with E-state index in [1.54, 1.807) is 11.3 Å². The highest BCUT2D eigenvalue weighted by Crippen LogP contribution is 2.31. The van der Waals surface area contributed by atoms with Crippen molar-refractivity contribution in [1.29, 1.82) is 0 Å². The molecule has 2 rings (SSSR count). The molecule has 21 heavy (non-hydrogen) atoms. The summed E-state index contributed by atoms with van der Waals surface area (Å²) >= 11 is 13.4. The molecule has 2 N–H and O–H groups in total. The summed E-state index contributed by atoms with van der Waals surface area (Å²) in [5.74, 6) is -0.504. The molecule has 1 atom stereocenters. The van der Waals surface area contributed by atoms with Crippen molar-refractivity contribution in [3.8, 4) is 0 Å². The van der Waals surface area contributed by atoms with Gasteiger partial charge in [-0.05, 0) is 23.6 Å². The number of halogens is 3. The van der Waals surface area contributed by atoms with Crippen molar-refractivity contribution < 1.29 is 14.2 Å². The lowest BCUT2D eigenvalue weighted by molar-refractivity contribution is 0.0359. The second kappa shape index (κ2) is 7.96. The third kappa shape index (κ3) is 5.13. The molecule has 0 aliphatic carbocycles. The van der Waals surface area contributed by atoms with Gasteiger partial charge in [0.05, 0.1) is 35.1 Å². The Balaban J connectivity index is 1.77. The van der Waals surface area contributed by atoms with Gasteiger partial charge in [-0.2, -0.15) is 0 Å². The van der Waals surface area contributed by atoms with Crippen LogP contribution in [0.15, 0.2) is 29.6 Å². The van der Waals surface area contributed by atoms with E-state index in [4.69, 9.17) is 27.9 Å². The van der Waals surface area contributed by atoms with E-state index in [-0.39, 0.29) is 23.2 Å². The number of anilines is 1. The van der Waals surface area contributed by atoms with Gasteiger partial charge in [0, 0.05) is 11.4 Å². The van der Waals surface area contributed by atoms with Gasteiger partial charge in [0.25, 0.3) is 0 Å². The van der Waals surface area contributed by atoms with Gasteiger partial charge < -0.3 is 15.2 Å². The van der Waals surface area contributed by atoms with Crippen LogP contribution in [-0.4, -0.2) is 24.4 Å². The Kier molecular flexibility index (Phi) is 6.26. The molecule has 1 unspecified atom stereocenters. The molecular weight excluding hydrogens is 336 g/mol. The molecule has 0 fully saturated rings. The van der Waals surface area contributed by atoms with Crippen molar-refractivity contribution in [2.75, 3.05) is 18.5 Å². The zero-order valence-corrected chi connectivity index (χ0v) is 13.3. The van der Waals surface area contributed by atoms with E-state index < -0.39 is 11.9 Å². The van der Waals surface area contributed by atoms with Gasteiger partial charge in [0.2, 0.25) is 0 Å². The minimum absolute atomic E-state index is 0.173. The third-order valence-electron chi connectivity index (χ3n) is 2.66. The minimum Gasteiger partial charge on any atom is -0.389 e. The van der Waals surface area contributed by atoms with Gasteiger partial charge >= 0.3 is 0 Å². The van der Waals surface area contributed by atoms with Crippen LogP contribution in [-0.2, 0) is 11.3 Å². The van der Waals surface area contributed by atoms with Crippen LogP contribution < -0.4 is 5.32 Å². The van der Waals surface area contributed by atoms with Crippen molar-refractivity contribution in [3.63, 3.8) is 0 Å². The van der Waals surface area contributed by atoms with Crippen molar-refractivity contribution >= 4 is 40.2 Å². The first kappa shape index (κ1) is 16.5. The SMILES string of the molecule is OC(CNc1c(Cl)cc(F)cc1Cl)COCc1cccs1. The fourth-order valence-electron chi connectivity index (χ4n) is 1.68. The van der Waals surface area contributed by atoms with Crippen molar-refractivity contribution in [2.45, 2.75) is 12.7 Å². The molecule has 114 valence electrons. The van der Waals surface area contributed by atoms with Crippen LogP contribution in [0.2, 0.25) is 10.0 Å². The highest BCUT2D eigenvalue weighted by Gasteiger charge is 2.11. The Morgan fingerprint density at radius 3 is 2.67 bits per heavy atom. The molecular formula is C14H14Cl2FNO2S. The van der Waals surface area contributed by atoms with Crippen molar-refractivity contribution in [3.05, 3.63) is 50.4 Å². The molecule has 1 heterocycles. The minimum atomic E-state index is -0.720. The van der Waals surface area contributed by atoms with E-state index in [0.717, 1.165) is 17.0 Å². The lowest BCUT2D eigenvalue weighted by Crippen LogP contribution is -2.25. The first-order valence-corrected chi connectivity index (χ1v) is 7.86. The zero-order valence-electron chi connectivity index (χ0n) is 11.0. The second-order valence-electron chi connectivity index (χ2n) is 4.37. The number of ether oxygens (including phenoxy) is 1. The zero-order chi connectivity index (χ0) is 15.2. The number of thiophene rings is 1. The highest BCUT2D eigenvalue weighted by molar-refractivity contribution is 7.09. The maximum absolute atomic E-state index is 13.0. The number of nitrogens with one attached hydrogen (secondary N) is 1.